The zero-order chi connectivity index (χ0) is 15.0. The van der Waals surface area contributed by atoms with Gasteiger partial charge in [0.2, 0.25) is 5.78 Å². The Balaban J connectivity index is 2.38. The lowest BCUT2D eigenvalue weighted by Crippen LogP contribution is -2.20. The Morgan fingerprint density at radius 2 is 2.10 bits per heavy atom. The van der Waals surface area contributed by atoms with E-state index in [4.69, 9.17) is 5.53 Å². The monoisotopic (exact) mass is 276 g/mol. The van der Waals surface area contributed by atoms with Crippen molar-refractivity contribution in [3.05, 3.63) is 45.5 Å². The van der Waals surface area contributed by atoms with Crippen molar-refractivity contribution in [1.29, 1.82) is 0 Å². The molecule has 0 saturated heterocycles. The van der Waals surface area contributed by atoms with Crippen molar-refractivity contribution >= 4 is 17.7 Å². The van der Waals surface area contributed by atoms with Crippen LogP contribution in [0.25, 0.3) is 5.53 Å². The Morgan fingerprint density at radius 1 is 1.45 bits per heavy atom. The Hall–Kier alpha value is -2.37. The smallest absolute Gasteiger partial charge is 0.323 e. The highest BCUT2D eigenvalue weighted by atomic mass is 16.6. The molecule has 0 aliphatic carbocycles. The lowest BCUT2D eigenvalue weighted by atomic mass is 10.2. The number of hydrogen-bond acceptors (Lipinski definition) is 4. The highest BCUT2D eigenvalue weighted by molar-refractivity contribution is 6.25. The molecule has 0 aliphatic rings. The molecule has 1 aromatic rings. The van der Waals surface area contributed by atoms with Crippen LogP contribution in [0.15, 0.2) is 24.3 Å². The van der Waals surface area contributed by atoms with E-state index in [9.17, 15) is 14.9 Å². The summed E-state index contributed by atoms with van der Waals surface area (Å²) in [5, 5.41) is 10.5. The van der Waals surface area contributed by atoms with Gasteiger partial charge < -0.3 is 10.4 Å². The van der Waals surface area contributed by atoms with Gasteiger partial charge in [0.1, 0.15) is 0 Å². The van der Waals surface area contributed by atoms with E-state index < -0.39 is 4.92 Å². The molecule has 0 atom stereocenters. The largest absolute Gasteiger partial charge is 0.361 e. The van der Waals surface area contributed by atoms with Gasteiger partial charge in [-0.15, -0.1) is 0 Å². The van der Waals surface area contributed by atoms with Crippen LogP contribution in [-0.2, 0) is 11.3 Å². The van der Waals surface area contributed by atoms with Crippen LogP contribution in [0.1, 0.15) is 18.4 Å². The van der Waals surface area contributed by atoms with Gasteiger partial charge in [-0.3, -0.25) is 14.9 Å². The average Bonchev–Trinajstić information content (AvgIpc) is 2.39. The second-order valence-electron chi connectivity index (χ2n) is 4.48. The predicted octanol–water partition coefficient (Wildman–Crippen LogP) is 1.68. The minimum atomic E-state index is -0.429. The van der Waals surface area contributed by atoms with Gasteiger partial charge in [-0.1, -0.05) is 12.1 Å². The SMILES string of the molecule is CN(CCCC(=O)C=[N+]=[N-])Cc1ccc([N+](=O)[O-])cc1. The molecule has 0 amide bonds. The summed E-state index contributed by atoms with van der Waals surface area (Å²) < 4.78 is 0. The number of benzene rings is 1. The number of Topliss-reactive ketones (excluding diaryl/α,β-unsaturated/α-hetero) is 1. The number of nitro groups is 1. The van der Waals surface area contributed by atoms with E-state index in [1.165, 1.54) is 12.1 Å². The summed E-state index contributed by atoms with van der Waals surface area (Å²) in [4.78, 5) is 25.9. The molecular formula is C13H16N4O3. The van der Waals surface area contributed by atoms with Crippen LogP contribution >= 0.6 is 0 Å². The molecule has 0 radical (unpaired) electrons. The maximum Gasteiger partial charge on any atom is 0.323 e. The molecule has 1 aromatic carbocycles. The summed E-state index contributed by atoms with van der Waals surface area (Å²) in [5.41, 5.74) is 9.24. The highest BCUT2D eigenvalue weighted by Gasteiger charge is 2.07. The van der Waals surface area contributed by atoms with E-state index in [1.807, 2.05) is 11.9 Å². The minimum Gasteiger partial charge on any atom is -0.361 e. The second-order valence-corrected chi connectivity index (χ2v) is 4.48. The first-order chi connectivity index (χ1) is 9.52. The van der Waals surface area contributed by atoms with E-state index in [1.54, 1.807) is 12.1 Å². The number of carbonyl (C=O) groups excluding carboxylic acids is 1. The lowest BCUT2D eigenvalue weighted by Gasteiger charge is -2.15. The molecule has 0 aromatic heterocycles. The van der Waals surface area contributed by atoms with Crippen LogP contribution in [0.2, 0.25) is 0 Å². The highest BCUT2D eigenvalue weighted by Crippen LogP contribution is 2.13. The Kier molecular flexibility index (Phi) is 6.22. The van der Waals surface area contributed by atoms with Gasteiger partial charge >= 0.3 is 6.21 Å². The average molecular weight is 276 g/mol. The molecule has 0 saturated carbocycles. The van der Waals surface area contributed by atoms with Gasteiger partial charge in [0.25, 0.3) is 5.69 Å². The van der Waals surface area contributed by atoms with Crippen LogP contribution in [0.3, 0.4) is 0 Å². The number of carbonyl (C=O) groups is 1. The quantitative estimate of drug-likeness (QED) is 0.237. The Labute approximate surface area is 116 Å². The lowest BCUT2D eigenvalue weighted by molar-refractivity contribution is -0.384. The van der Waals surface area contributed by atoms with Crippen molar-refractivity contribution < 1.29 is 14.5 Å². The van der Waals surface area contributed by atoms with Crippen molar-refractivity contribution in [3.8, 4) is 0 Å². The number of nitro benzene ring substituents is 1. The molecule has 0 unspecified atom stereocenters. The number of rotatable bonds is 8. The van der Waals surface area contributed by atoms with Crippen molar-refractivity contribution in [3.63, 3.8) is 0 Å². The molecule has 0 bridgehead atoms. The molecule has 0 aliphatic heterocycles. The number of hydrogen-bond donors (Lipinski definition) is 0. The van der Waals surface area contributed by atoms with Gasteiger partial charge in [0, 0.05) is 25.1 Å². The van der Waals surface area contributed by atoms with Crippen LogP contribution in [-0.4, -0.2) is 40.2 Å². The summed E-state index contributed by atoms with van der Waals surface area (Å²) in [7, 11) is 1.91. The predicted molar refractivity (Wildman–Crippen MR) is 73.4 cm³/mol. The van der Waals surface area contributed by atoms with Crippen LogP contribution < -0.4 is 0 Å². The van der Waals surface area contributed by atoms with Gasteiger partial charge in [0.15, 0.2) is 0 Å². The summed E-state index contributed by atoms with van der Waals surface area (Å²) in [6.07, 6.45) is 1.89. The Morgan fingerprint density at radius 3 is 2.65 bits per heavy atom. The summed E-state index contributed by atoms with van der Waals surface area (Å²) in [6, 6.07) is 6.39. The Bertz CT molecular complexity index is 521. The fourth-order valence-corrected chi connectivity index (χ4v) is 1.77. The van der Waals surface area contributed by atoms with E-state index >= 15 is 0 Å². The minimum absolute atomic E-state index is 0.0743. The van der Waals surface area contributed by atoms with Gasteiger partial charge in [-0.05, 0) is 25.6 Å². The molecule has 0 heterocycles. The van der Waals surface area contributed by atoms with E-state index in [2.05, 4.69) is 4.79 Å². The third-order valence-electron chi connectivity index (χ3n) is 2.76. The molecule has 7 nitrogen and oxygen atoms in total. The second kappa shape index (κ2) is 7.93. The first kappa shape index (κ1) is 15.7. The summed E-state index contributed by atoms with van der Waals surface area (Å²) >= 11 is 0. The van der Waals surface area contributed by atoms with Crippen molar-refractivity contribution in [2.45, 2.75) is 19.4 Å². The summed E-state index contributed by atoms with van der Waals surface area (Å²) in [5.74, 6) is -0.212. The molecule has 20 heavy (non-hydrogen) atoms. The zero-order valence-corrected chi connectivity index (χ0v) is 11.2. The fraction of sp³-hybridized carbons (Fsp3) is 0.385. The normalized spacial score (nSPS) is 10.1. The maximum absolute atomic E-state index is 11.1. The molecule has 1 rings (SSSR count). The topological polar surface area (TPSA) is 99.9 Å². The third kappa shape index (κ3) is 5.51. The first-order valence-electron chi connectivity index (χ1n) is 6.15. The number of ketones is 1. The van der Waals surface area contributed by atoms with Crippen LogP contribution in [0.4, 0.5) is 5.69 Å². The molecule has 106 valence electrons. The molecule has 0 fully saturated rings. The van der Waals surface area contributed by atoms with Gasteiger partial charge in [-0.2, -0.15) is 4.79 Å². The molecule has 7 heteroatoms. The van der Waals surface area contributed by atoms with Crippen LogP contribution in [0.5, 0.6) is 0 Å². The third-order valence-corrected chi connectivity index (χ3v) is 2.76. The number of non-ortho nitro benzene ring substituents is 1. The molecular weight excluding hydrogens is 260 g/mol. The number of nitrogens with zero attached hydrogens (tertiary/aromatic N) is 4. The van der Waals surface area contributed by atoms with Crippen molar-refractivity contribution in [1.82, 2.24) is 4.90 Å². The summed E-state index contributed by atoms with van der Waals surface area (Å²) in [6.45, 7) is 1.36. The molecule has 0 N–H and O–H groups in total. The van der Waals surface area contributed by atoms with Crippen molar-refractivity contribution in [2.75, 3.05) is 13.6 Å². The van der Waals surface area contributed by atoms with E-state index in [-0.39, 0.29) is 11.5 Å². The van der Waals surface area contributed by atoms with Gasteiger partial charge in [-0.25, -0.2) is 0 Å². The zero-order valence-electron chi connectivity index (χ0n) is 11.2. The fourth-order valence-electron chi connectivity index (χ4n) is 1.77. The van der Waals surface area contributed by atoms with Crippen LogP contribution in [0, 0.1) is 10.1 Å². The standard InChI is InChI=1S/C13H16N4O3/c1-16(8-2-3-13(18)9-15-14)10-11-4-6-12(7-5-11)17(19)20/h4-7,9H,2-3,8,10H2,1H3. The van der Waals surface area contributed by atoms with E-state index in [0.29, 0.717) is 25.9 Å². The maximum atomic E-state index is 11.1. The van der Waals surface area contributed by atoms with Gasteiger partial charge in [0.05, 0.1) is 4.92 Å². The molecule has 0 spiro atoms. The van der Waals surface area contributed by atoms with Crippen molar-refractivity contribution in [2.24, 2.45) is 0 Å². The first-order valence-corrected chi connectivity index (χ1v) is 6.15. The van der Waals surface area contributed by atoms with E-state index in [0.717, 1.165) is 11.8 Å².